The number of methoxy groups -OCH3 is 2. The molecule has 28 heavy (non-hydrogen) atoms. The Morgan fingerprint density at radius 3 is 1.29 bits per heavy atom. The lowest BCUT2D eigenvalue weighted by molar-refractivity contribution is -0.138. The molecule has 0 heterocycles. The Morgan fingerprint density at radius 1 is 0.714 bits per heavy atom. The van der Waals surface area contributed by atoms with E-state index >= 15 is 0 Å². The summed E-state index contributed by atoms with van der Waals surface area (Å²) in [7, 11) is 2.08. The maximum atomic E-state index is 13.5. The molecule has 0 N–H and O–H groups in total. The maximum Gasteiger partial charge on any atom is 0.417 e. The lowest BCUT2D eigenvalue weighted by atomic mass is 9.90. The van der Waals surface area contributed by atoms with Crippen molar-refractivity contribution in [2.75, 3.05) is 14.2 Å². The van der Waals surface area contributed by atoms with Crippen LogP contribution in [-0.2, 0) is 12.4 Å². The molecule has 0 unspecified atom stereocenters. The first-order valence-corrected chi connectivity index (χ1v) is 7.88. The van der Waals surface area contributed by atoms with Crippen LogP contribution in [0.4, 0.5) is 26.3 Å². The number of hydrogen-bond donors (Lipinski definition) is 0. The molecule has 0 atom stereocenters. The number of carbonyl (C=O) groups excluding carboxylic acids is 1. The molecule has 3 nitrogen and oxygen atoms in total. The van der Waals surface area contributed by atoms with Gasteiger partial charge in [0.2, 0.25) is 5.78 Å². The zero-order valence-electron chi connectivity index (χ0n) is 15.3. The molecule has 0 aliphatic rings. The molecule has 0 saturated heterocycles. The molecule has 152 valence electrons. The molecular weight excluding hydrogens is 390 g/mol. The van der Waals surface area contributed by atoms with E-state index in [-0.39, 0.29) is 11.1 Å². The second kappa shape index (κ2) is 7.37. The third-order valence-corrected chi connectivity index (χ3v) is 4.18. The summed E-state index contributed by atoms with van der Waals surface area (Å²) in [5.41, 5.74) is -4.44. The van der Waals surface area contributed by atoms with Crippen molar-refractivity contribution in [2.24, 2.45) is 0 Å². The van der Waals surface area contributed by atoms with Crippen LogP contribution < -0.4 is 9.47 Å². The average molecular weight is 406 g/mol. The third kappa shape index (κ3) is 3.79. The van der Waals surface area contributed by atoms with E-state index in [1.807, 2.05) is 0 Å². The van der Waals surface area contributed by atoms with Crippen LogP contribution in [0.3, 0.4) is 0 Å². The minimum atomic E-state index is -4.98. The van der Waals surface area contributed by atoms with Crippen molar-refractivity contribution in [3.05, 3.63) is 57.6 Å². The molecule has 0 aliphatic carbocycles. The average Bonchev–Trinajstić information content (AvgIpc) is 2.58. The van der Waals surface area contributed by atoms with Crippen molar-refractivity contribution in [1.29, 1.82) is 0 Å². The van der Waals surface area contributed by atoms with Gasteiger partial charge in [-0.05, 0) is 37.1 Å². The number of halogens is 6. The van der Waals surface area contributed by atoms with Crippen molar-refractivity contribution in [2.45, 2.75) is 26.2 Å². The highest BCUT2D eigenvalue weighted by atomic mass is 19.4. The minimum Gasteiger partial charge on any atom is -0.496 e. The number of aryl methyl sites for hydroxylation is 2. The quantitative estimate of drug-likeness (QED) is 0.491. The lowest BCUT2D eigenvalue weighted by Gasteiger charge is -2.21. The Kier molecular flexibility index (Phi) is 5.68. The van der Waals surface area contributed by atoms with Gasteiger partial charge in [0.25, 0.3) is 0 Å². The van der Waals surface area contributed by atoms with Gasteiger partial charge < -0.3 is 9.47 Å². The maximum absolute atomic E-state index is 13.5. The Hall–Kier alpha value is -2.71. The normalized spacial score (nSPS) is 12.1. The van der Waals surface area contributed by atoms with Crippen LogP contribution in [0.25, 0.3) is 0 Å². The second-order valence-corrected chi connectivity index (χ2v) is 6.00. The SMILES string of the molecule is COc1c(C)ccc(C(F)(F)F)c1C(=O)c1c(C(F)(F)F)ccc(C)c1OC. The lowest BCUT2D eigenvalue weighted by Crippen LogP contribution is -2.20. The van der Waals surface area contributed by atoms with Gasteiger partial charge in [0, 0.05) is 0 Å². The van der Waals surface area contributed by atoms with Gasteiger partial charge in [0.1, 0.15) is 11.5 Å². The van der Waals surface area contributed by atoms with Gasteiger partial charge in [-0.3, -0.25) is 4.79 Å². The van der Waals surface area contributed by atoms with E-state index in [0.29, 0.717) is 12.1 Å². The topological polar surface area (TPSA) is 35.5 Å². The molecule has 0 spiro atoms. The molecule has 0 saturated carbocycles. The number of benzene rings is 2. The summed E-state index contributed by atoms with van der Waals surface area (Å²) in [6.07, 6.45) is -9.97. The predicted octanol–water partition coefficient (Wildman–Crippen LogP) is 5.59. The zero-order chi connectivity index (χ0) is 21.4. The van der Waals surface area contributed by atoms with E-state index in [1.165, 1.54) is 13.8 Å². The highest BCUT2D eigenvalue weighted by molar-refractivity contribution is 6.14. The molecule has 0 fully saturated rings. The predicted molar refractivity (Wildman–Crippen MR) is 88.9 cm³/mol. The van der Waals surface area contributed by atoms with Crippen molar-refractivity contribution >= 4 is 5.78 Å². The fourth-order valence-electron chi connectivity index (χ4n) is 2.95. The monoisotopic (exact) mass is 406 g/mol. The summed E-state index contributed by atoms with van der Waals surface area (Å²) in [6, 6.07) is 3.44. The summed E-state index contributed by atoms with van der Waals surface area (Å²) in [5.74, 6) is -2.38. The van der Waals surface area contributed by atoms with Crippen LogP contribution in [0.5, 0.6) is 11.5 Å². The molecule has 0 aliphatic heterocycles. The van der Waals surface area contributed by atoms with E-state index in [1.54, 1.807) is 0 Å². The highest BCUT2D eigenvalue weighted by Crippen LogP contribution is 2.43. The number of carbonyl (C=O) groups is 1. The van der Waals surface area contributed by atoms with Crippen molar-refractivity contribution < 1.29 is 40.6 Å². The molecule has 2 rings (SSSR count). The van der Waals surface area contributed by atoms with Crippen LogP contribution in [-0.4, -0.2) is 20.0 Å². The number of ether oxygens (including phenoxy) is 2. The number of alkyl halides is 6. The summed E-state index contributed by atoms with van der Waals surface area (Å²) in [4.78, 5) is 13.1. The molecule has 9 heteroatoms. The Bertz CT molecular complexity index is 840. The molecule has 2 aromatic rings. The Balaban J connectivity index is 2.96. The number of rotatable bonds is 4. The van der Waals surface area contributed by atoms with Crippen LogP contribution in [0.15, 0.2) is 24.3 Å². The first kappa shape index (κ1) is 21.6. The van der Waals surface area contributed by atoms with Gasteiger partial charge in [-0.1, -0.05) is 12.1 Å². The van der Waals surface area contributed by atoms with E-state index in [9.17, 15) is 31.1 Å². The fraction of sp³-hybridized carbons (Fsp3) is 0.316. The first-order chi connectivity index (χ1) is 12.8. The standard InChI is InChI=1S/C19H16F6O3/c1-9-5-7-11(18(20,21)22)13(16(9)27-3)15(26)14-12(19(23,24)25)8-6-10(2)17(14)28-4/h5-8H,1-4H3. The fourth-order valence-corrected chi connectivity index (χ4v) is 2.95. The van der Waals surface area contributed by atoms with Crippen LogP contribution in [0.1, 0.15) is 38.2 Å². The van der Waals surface area contributed by atoms with E-state index in [0.717, 1.165) is 26.4 Å². The summed E-state index contributed by atoms with van der Waals surface area (Å²) < 4.78 is 90.9. The smallest absolute Gasteiger partial charge is 0.417 e. The van der Waals surface area contributed by atoms with Crippen molar-refractivity contribution in [1.82, 2.24) is 0 Å². The van der Waals surface area contributed by atoms with Crippen LogP contribution in [0, 0.1) is 13.8 Å². The van der Waals surface area contributed by atoms with E-state index in [4.69, 9.17) is 9.47 Å². The van der Waals surface area contributed by atoms with E-state index in [2.05, 4.69) is 0 Å². The number of hydrogen-bond acceptors (Lipinski definition) is 3. The van der Waals surface area contributed by atoms with Crippen molar-refractivity contribution in [3.8, 4) is 11.5 Å². The van der Waals surface area contributed by atoms with Gasteiger partial charge in [0.05, 0.1) is 36.5 Å². The van der Waals surface area contributed by atoms with Gasteiger partial charge in [-0.2, -0.15) is 26.3 Å². The van der Waals surface area contributed by atoms with Crippen molar-refractivity contribution in [3.63, 3.8) is 0 Å². The highest BCUT2D eigenvalue weighted by Gasteiger charge is 2.42. The minimum absolute atomic E-state index is 0.166. The largest absolute Gasteiger partial charge is 0.496 e. The molecular formula is C19H16F6O3. The molecule has 2 aromatic carbocycles. The summed E-state index contributed by atoms with van der Waals surface area (Å²) >= 11 is 0. The van der Waals surface area contributed by atoms with Gasteiger partial charge in [0.15, 0.2) is 0 Å². The first-order valence-electron chi connectivity index (χ1n) is 7.88. The third-order valence-electron chi connectivity index (χ3n) is 4.18. The number of ketones is 1. The van der Waals surface area contributed by atoms with Gasteiger partial charge in [-0.25, -0.2) is 0 Å². The summed E-state index contributed by atoms with van der Waals surface area (Å²) in [5, 5.41) is 0. The Labute approximate surface area is 156 Å². The zero-order valence-corrected chi connectivity index (χ0v) is 15.3. The van der Waals surface area contributed by atoms with Gasteiger partial charge >= 0.3 is 12.4 Å². The van der Waals surface area contributed by atoms with Crippen LogP contribution >= 0.6 is 0 Å². The molecule has 0 aromatic heterocycles. The summed E-state index contributed by atoms with van der Waals surface area (Å²) in [6.45, 7) is 2.77. The molecule has 0 radical (unpaired) electrons. The molecule has 0 amide bonds. The molecule has 0 bridgehead atoms. The van der Waals surface area contributed by atoms with E-state index < -0.39 is 51.9 Å². The van der Waals surface area contributed by atoms with Gasteiger partial charge in [-0.15, -0.1) is 0 Å². The Morgan fingerprint density at radius 2 is 1.04 bits per heavy atom. The van der Waals surface area contributed by atoms with Crippen LogP contribution in [0.2, 0.25) is 0 Å². The second-order valence-electron chi connectivity index (χ2n) is 6.00.